The molecule has 0 aliphatic rings. The molecule has 3 aromatic carbocycles. The Morgan fingerprint density at radius 2 is 1.53 bits per heavy atom. The number of carboxylic acids is 1. The molecule has 0 aliphatic heterocycles. The molecule has 0 aromatic heterocycles. The molecule has 10 heteroatoms. The maximum Gasteiger partial charge on any atom is 0.326 e. The average molecular weight is 583 g/mol. The molecule has 0 saturated heterocycles. The Bertz CT molecular complexity index is 1300. The van der Waals surface area contributed by atoms with Crippen LogP contribution in [0.15, 0.2) is 76.9 Å². The molecule has 0 fully saturated rings. The standard InChI is InChI=1S/C28H27BrN2O7/c1-36-23-15-19(16-24(37-2)25(23)38-3)26(32)30-21(13-18-9-11-20(29)12-10-18)27(33)31-22(28(34)35)14-17-7-5-4-6-8-17/h4-13,15-16,22H,14H2,1-3H3,(H,30,32)(H,31,33)(H,34,35)/b21-13+/t22-/m1/s1. The van der Waals surface area contributed by atoms with Crippen LogP contribution in [0.25, 0.3) is 6.08 Å². The zero-order valence-electron chi connectivity index (χ0n) is 21.0. The molecular formula is C28H27BrN2O7. The van der Waals surface area contributed by atoms with Crippen molar-refractivity contribution in [1.82, 2.24) is 10.6 Å². The van der Waals surface area contributed by atoms with E-state index in [4.69, 9.17) is 14.2 Å². The van der Waals surface area contributed by atoms with Crippen molar-refractivity contribution in [3.63, 3.8) is 0 Å². The predicted octanol–water partition coefficient (Wildman–Crippen LogP) is 4.06. The molecule has 0 spiro atoms. The summed E-state index contributed by atoms with van der Waals surface area (Å²) in [4.78, 5) is 38.5. The highest BCUT2D eigenvalue weighted by Gasteiger charge is 2.24. The highest BCUT2D eigenvalue weighted by Crippen LogP contribution is 2.38. The van der Waals surface area contributed by atoms with Crippen LogP contribution in [0.4, 0.5) is 0 Å². The van der Waals surface area contributed by atoms with E-state index < -0.39 is 23.8 Å². The highest BCUT2D eigenvalue weighted by molar-refractivity contribution is 9.10. The quantitative estimate of drug-likeness (QED) is 0.291. The van der Waals surface area contributed by atoms with Crippen LogP contribution in [0.5, 0.6) is 17.2 Å². The molecule has 0 unspecified atom stereocenters. The Labute approximate surface area is 228 Å². The SMILES string of the molecule is COc1cc(C(=O)N/C(=C/c2ccc(Br)cc2)C(=O)N[C@H](Cc2ccccc2)C(=O)O)cc(OC)c1OC. The molecule has 0 radical (unpaired) electrons. The Kier molecular flexibility index (Phi) is 9.89. The Morgan fingerprint density at radius 1 is 0.921 bits per heavy atom. The number of carbonyl (C=O) groups excluding carboxylic acids is 2. The Hall–Kier alpha value is -4.31. The molecule has 9 nitrogen and oxygen atoms in total. The summed E-state index contributed by atoms with van der Waals surface area (Å²) in [5.41, 5.74) is 1.33. The molecule has 38 heavy (non-hydrogen) atoms. The van der Waals surface area contributed by atoms with Gasteiger partial charge in [0.1, 0.15) is 11.7 Å². The number of carboxylic acid groups (broad SMARTS) is 1. The van der Waals surface area contributed by atoms with Crippen LogP contribution >= 0.6 is 15.9 Å². The first-order valence-electron chi connectivity index (χ1n) is 11.4. The number of nitrogens with one attached hydrogen (secondary N) is 2. The van der Waals surface area contributed by atoms with Gasteiger partial charge >= 0.3 is 5.97 Å². The maximum atomic E-state index is 13.3. The van der Waals surface area contributed by atoms with Crippen LogP contribution in [0, 0.1) is 0 Å². The van der Waals surface area contributed by atoms with Crippen molar-refractivity contribution in [1.29, 1.82) is 0 Å². The second kappa shape index (κ2) is 13.3. The third-order valence-corrected chi connectivity index (χ3v) is 6.02. The van der Waals surface area contributed by atoms with Gasteiger partial charge in [-0.2, -0.15) is 0 Å². The van der Waals surface area contributed by atoms with Crippen molar-refractivity contribution in [2.24, 2.45) is 0 Å². The van der Waals surface area contributed by atoms with E-state index in [1.165, 1.54) is 39.5 Å². The summed E-state index contributed by atoms with van der Waals surface area (Å²) in [7, 11) is 4.28. The minimum Gasteiger partial charge on any atom is -0.493 e. The lowest BCUT2D eigenvalue weighted by molar-refractivity contribution is -0.141. The molecule has 0 heterocycles. The van der Waals surface area contributed by atoms with E-state index in [0.717, 1.165) is 10.0 Å². The monoisotopic (exact) mass is 582 g/mol. The first kappa shape index (κ1) is 28.3. The zero-order valence-corrected chi connectivity index (χ0v) is 22.6. The fraction of sp³-hybridized carbons (Fsp3) is 0.179. The van der Waals surface area contributed by atoms with E-state index in [1.807, 2.05) is 6.07 Å². The lowest BCUT2D eigenvalue weighted by Gasteiger charge is -2.18. The van der Waals surface area contributed by atoms with Crippen molar-refractivity contribution in [3.05, 3.63) is 93.6 Å². The van der Waals surface area contributed by atoms with E-state index in [-0.39, 0.29) is 29.2 Å². The van der Waals surface area contributed by atoms with Gasteiger partial charge in [0.05, 0.1) is 21.3 Å². The molecule has 3 rings (SSSR count). The number of hydrogen-bond acceptors (Lipinski definition) is 6. The number of amides is 2. The number of methoxy groups -OCH3 is 3. The maximum absolute atomic E-state index is 13.3. The largest absolute Gasteiger partial charge is 0.493 e. The van der Waals surface area contributed by atoms with Gasteiger partial charge in [0, 0.05) is 16.5 Å². The van der Waals surface area contributed by atoms with Crippen molar-refractivity contribution in [2.75, 3.05) is 21.3 Å². The molecule has 3 N–H and O–H groups in total. The van der Waals surface area contributed by atoms with E-state index in [1.54, 1.807) is 48.5 Å². The van der Waals surface area contributed by atoms with Crippen molar-refractivity contribution >= 4 is 39.8 Å². The fourth-order valence-electron chi connectivity index (χ4n) is 3.58. The molecule has 198 valence electrons. The summed E-state index contributed by atoms with van der Waals surface area (Å²) in [6.07, 6.45) is 1.52. The Morgan fingerprint density at radius 3 is 2.05 bits per heavy atom. The fourth-order valence-corrected chi connectivity index (χ4v) is 3.84. The smallest absolute Gasteiger partial charge is 0.326 e. The number of hydrogen-bond donors (Lipinski definition) is 3. The topological polar surface area (TPSA) is 123 Å². The normalized spacial score (nSPS) is 11.7. The number of halogens is 1. The molecule has 2 amide bonds. The van der Waals surface area contributed by atoms with Gasteiger partial charge in [0.15, 0.2) is 11.5 Å². The lowest BCUT2D eigenvalue weighted by Crippen LogP contribution is -2.45. The van der Waals surface area contributed by atoms with Crippen molar-refractivity contribution < 1.29 is 33.7 Å². The van der Waals surface area contributed by atoms with E-state index >= 15 is 0 Å². The molecule has 0 aliphatic carbocycles. The number of aliphatic carboxylic acids is 1. The number of benzene rings is 3. The van der Waals surface area contributed by atoms with Gasteiger partial charge in [0.2, 0.25) is 5.75 Å². The van der Waals surface area contributed by atoms with Gasteiger partial charge in [-0.25, -0.2) is 4.79 Å². The van der Waals surface area contributed by atoms with Gasteiger partial charge in [-0.15, -0.1) is 0 Å². The molecule has 3 aromatic rings. The van der Waals surface area contributed by atoms with Crippen LogP contribution in [0.2, 0.25) is 0 Å². The van der Waals surface area contributed by atoms with E-state index in [9.17, 15) is 19.5 Å². The summed E-state index contributed by atoms with van der Waals surface area (Å²) >= 11 is 3.36. The van der Waals surface area contributed by atoms with E-state index in [2.05, 4.69) is 26.6 Å². The van der Waals surface area contributed by atoms with Crippen LogP contribution < -0.4 is 24.8 Å². The van der Waals surface area contributed by atoms with Crippen LogP contribution in [-0.4, -0.2) is 50.3 Å². The number of carbonyl (C=O) groups is 3. The third kappa shape index (κ3) is 7.36. The van der Waals surface area contributed by atoms with Crippen molar-refractivity contribution in [2.45, 2.75) is 12.5 Å². The highest BCUT2D eigenvalue weighted by atomic mass is 79.9. The average Bonchev–Trinajstić information content (AvgIpc) is 2.92. The summed E-state index contributed by atoms with van der Waals surface area (Å²) < 4.78 is 16.8. The minimum absolute atomic E-state index is 0.0638. The summed E-state index contributed by atoms with van der Waals surface area (Å²) in [5, 5.41) is 14.9. The summed E-state index contributed by atoms with van der Waals surface area (Å²) in [6, 6.07) is 17.6. The third-order valence-electron chi connectivity index (χ3n) is 5.49. The van der Waals surface area contributed by atoms with Gasteiger partial charge in [-0.05, 0) is 41.5 Å². The summed E-state index contributed by atoms with van der Waals surface area (Å²) in [6.45, 7) is 0. The van der Waals surface area contributed by atoms with Crippen molar-refractivity contribution in [3.8, 4) is 17.2 Å². The van der Waals surface area contributed by atoms with Crippen LogP contribution in [0.1, 0.15) is 21.5 Å². The molecular weight excluding hydrogens is 556 g/mol. The molecule has 1 atom stereocenters. The lowest BCUT2D eigenvalue weighted by atomic mass is 10.1. The van der Waals surface area contributed by atoms with E-state index in [0.29, 0.717) is 11.3 Å². The molecule has 0 bridgehead atoms. The van der Waals surface area contributed by atoms with Crippen LogP contribution in [0.3, 0.4) is 0 Å². The zero-order chi connectivity index (χ0) is 27.7. The van der Waals surface area contributed by atoms with Gasteiger partial charge in [0.25, 0.3) is 11.8 Å². The van der Waals surface area contributed by atoms with Gasteiger partial charge in [-0.1, -0.05) is 58.4 Å². The predicted molar refractivity (Wildman–Crippen MR) is 145 cm³/mol. The Balaban J connectivity index is 1.93. The first-order valence-corrected chi connectivity index (χ1v) is 12.2. The number of ether oxygens (including phenoxy) is 3. The van der Waals surface area contributed by atoms with Crippen LogP contribution in [-0.2, 0) is 16.0 Å². The summed E-state index contributed by atoms with van der Waals surface area (Å²) in [5.74, 6) is -1.79. The van der Waals surface area contributed by atoms with Gasteiger partial charge < -0.3 is 30.0 Å². The molecule has 0 saturated carbocycles. The van der Waals surface area contributed by atoms with Gasteiger partial charge in [-0.3, -0.25) is 9.59 Å². The second-order valence-corrected chi connectivity index (χ2v) is 8.95. The first-order chi connectivity index (χ1) is 18.2. The second-order valence-electron chi connectivity index (χ2n) is 8.03. The minimum atomic E-state index is -1.23. The number of rotatable bonds is 11.